The monoisotopic (exact) mass is 288 g/mol. The van der Waals surface area contributed by atoms with Crippen LogP contribution in [0.25, 0.3) is 0 Å². The Morgan fingerprint density at radius 1 is 0.810 bits per heavy atom. The van der Waals surface area contributed by atoms with Gasteiger partial charge in [-0.15, -0.1) is 0 Å². The molecule has 21 heavy (non-hydrogen) atoms. The van der Waals surface area contributed by atoms with E-state index >= 15 is 0 Å². The molecule has 2 aromatic rings. The molecule has 5 heteroatoms. The number of methoxy groups -OCH3 is 3. The number of benzene rings is 2. The van der Waals surface area contributed by atoms with Crippen LogP contribution in [0.15, 0.2) is 42.5 Å². The first-order valence-electron chi connectivity index (χ1n) is 6.55. The van der Waals surface area contributed by atoms with Gasteiger partial charge in [-0.1, -0.05) is 18.2 Å². The number of nitrogens with one attached hydrogen (secondary N) is 1. The fraction of sp³-hybridized carbons (Fsp3) is 0.250. The minimum Gasteiger partial charge on any atom is -0.497 e. The molecule has 0 amide bonds. The van der Waals surface area contributed by atoms with E-state index in [-0.39, 0.29) is 6.04 Å². The highest BCUT2D eigenvalue weighted by molar-refractivity contribution is 5.46. The second-order valence-electron chi connectivity index (χ2n) is 4.49. The number of ether oxygens (including phenoxy) is 3. The summed E-state index contributed by atoms with van der Waals surface area (Å²) in [6.45, 7) is 0. The van der Waals surface area contributed by atoms with Crippen LogP contribution in [0.5, 0.6) is 17.2 Å². The minimum absolute atomic E-state index is 0.143. The van der Waals surface area contributed by atoms with Gasteiger partial charge in [0.15, 0.2) is 11.5 Å². The molecule has 0 spiro atoms. The van der Waals surface area contributed by atoms with Gasteiger partial charge in [-0.2, -0.15) is 0 Å². The van der Waals surface area contributed by atoms with Gasteiger partial charge in [-0.05, 0) is 35.4 Å². The summed E-state index contributed by atoms with van der Waals surface area (Å²) in [5.41, 5.74) is 4.84. The molecule has 0 aliphatic rings. The van der Waals surface area contributed by atoms with Crippen LogP contribution in [0.3, 0.4) is 0 Å². The molecule has 2 aromatic carbocycles. The second-order valence-corrected chi connectivity index (χ2v) is 4.49. The van der Waals surface area contributed by atoms with Crippen LogP contribution < -0.4 is 25.5 Å². The molecule has 0 saturated carbocycles. The first kappa shape index (κ1) is 15.2. The zero-order chi connectivity index (χ0) is 15.2. The minimum atomic E-state index is -0.143. The summed E-state index contributed by atoms with van der Waals surface area (Å²) >= 11 is 0. The molecule has 1 unspecified atom stereocenters. The van der Waals surface area contributed by atoms with Crippen LogP contribution in [-0.4, -0.2) is 21.3 Å². The van der Waals surface area contributed by atoms with Gasteiger partial charge in [0.05, 0.1) is 27.4 Å². The Labute approximate surface area is 124 Å². The van der Waals surface area contributed by atoms with E-state index in [0.29, 0.717) is 11.5 Å². The van der Waals surface area contributed by atoms with Crippen LogP contribution in [0.4, 0.5) is 0 Å². The first-order valence-corrected chi connectivity index (χ1v) is 6.55. The number of nitrogens with two attached hydrogens (primary N) is 1. The Balaban J connectivity index is 2.35. The van der Waals surface area contributed by atoms with Gasteiger partial charge in [0, 0.05) is 0 Å². The van der Waals surface area contributed by atoms with Gasteiger partial charge >= 0.3 is 0 Å². The molecule has 112 valence electrons. The van der Waals surface area contributed by atoms with Crippen LogP contribution in [-0.2, 0) is 0 Å². The smallest absolute Gasteiger partial charge is 0.161 e. The van der Waals surface area contributed by atoms with Crippen molar-refractivity contribution in [1.82, 2.24) is 5.43 Å². The molecule has 5 nitrogen and oxygen atoms in total. The van der Waals surface area contributed by atoms with Crippen molar-refractivity contribution in [3.63, 3.8) is 0 Å². The van der Waals surface area contributed by atoms with Crippen LogP contribution in [0.2, 0.25) is 0 Å². The predicted molar refractivity (Wildman–Crippen MR) is 81.7 cm³/mol. The maximum atomic E-state index is 5.72. The topological polar surface area (TPSA) is 65.7 Å². The predicted octanol–water partition coefficient (Wildman–Crippen LogP) is 2.27. The molecular weight excluding hydrogens is 268 g/mol. The molecule has 0 bridgehead atoms. The zero-order valence-electron chi connectivity index (χ0n) is 12.4. The number of hydrogen-bond acceptors (Lipinski definition) is 5. The Hall–Kier alpha value is -2.24. The number of hydrazine groups is 1. The summed E-state index contributed by atoms with van der Waals surface area (Å²) in [5, 5.41) is 0. The molecule has 0 aliphatic carbocycles. The lowest BCUT2D eigenvalue weighted by Crippen LogP contribution is -2.28. The van der Waals surface area contributed by atoms with Crippen molar-refractivity contribution < 1.29 is 14.2 Å². The van der Waals surface area contributed by atoms with Crippen LogP contribution in [0, 0.1) is 0 Å². The van der Waals surface area contributed by atoms with E-state index in [9.17, 15) is 0 Å². The van der Waals surface area contributed by atoms with Gasteiger partial charge in [0.25, 0.3) is 0 Å². The van der Waals surface area contributed by atoms with Gasteiger partial charge < -0.3 is 14.2 Å². The van der Waals surface area contributed by atoms with E-state index in [1.165, 1.54) is 0 Å². The summed E-state index contributed by atoms with van der Waals surface area (Å²) in [6.07, 6.45) is 0. The van der Waals surface area contributed by atoms with Crippen molar-refractivity contribution >= 4 is 0 Å². The van der Waals surface area contributed by atoms with Gasteiger partial charge in [0.2, 0.25) is 0 Å². The lowest BCUT2D eigenvalue weighted by Gasteiger charge is -2.19. The normalized spacial score (nSPS) is 11.8. The van der Waals surface area contributed by atoms with E-state index in [1.54, 1.807) is 21.3 Å². The van der Waals surface area contributed by atoms with Gasteiger partial charge in [-0.3, -0.25) is 5.84 Å². The molecule has 0 heterocycles. The highest BCUT2D eigenvalue weighted by Crippen LogP contribution is 2.32. The molecule has 0 fully saturated rings. The summed E-state index contributed by atoms with van der Waals surface area (Å²) in [6, 6.07) is 13.3. The summed E-state index contributed by atoms with van der Waals surface area (Å²) in [7, 11) is 4.86. The largest absolute Gasteiger partial charge is 0.497 e. The third-order valence-electron chi connectivity index (χ3n) is 3.36. The van der Waals surface area contributed by atoms with Crippen molar-refractivity contribution in [3.05, 3.63) is 53.6 Å². The SMILES string of the molecule is COc1ccc(C(NN)c2ccc(OC)c(OC)c2)cc1. The maximum Gasteiger partial charge on any atom is 0.161 e. The van der Waals surface area contributed by atoms with Crippen molar-refractivity contribution in [2.75, 3.05) is 21.3 Å². The second kappa shape index (κ2) is 6.97. The van der Waals surface area contributed by atoms with Gasteiger partial charge in [-0.25, -0.2) is 5.43 Å². The Bertz CT molecular complexity index is 585. The van der Waals surface area contributed by atoms with Crippen LogP contribution in [0.1, 0.15) is 17.2 Å². The van der Waals surface area contributed by atoms with Crippen molar-refractivity contribution in [1.29, 1.82) is 0 Å². The Kier molecular flexibility index (Phi) is 5.03. The van der Waals surface area contributed by atoms with E-state index in [2.05, 4.69) is 5.43 Å². The lowest BCUT2D eigenvalue weighted by molar-refractivity contribution is 0.354. The third kappa shape index (κ3) is 3.26. The highest BCUT2D eigenvalue weighted by atomic mass is 16.5. The molecule has 0 aromatic heterocycles. The van der Waals surface area contributed by atoms with Crippen molar-refractivity contribution in [2.45, 2.75) is 6.04 Å². The number of hydrogen-bond donors (Lipinski definition) is 2. The average molecular weight is 288 g/mol. The molecular formula is C16H20N2O3. The van der Waals surface area contributed by atoms with E-state index in [4.69, 9.17) is 20.1 Å². The Morgan fingerprint density at radius 3 is 1.95 bits per heavy atom. The average Bonchev–Trinajstić information content (AvgIpc) is 2.56. The maximum absolute atomic E-state index is 5.72. The molecule has 0 saturated heterocycles. The molecule has 2 rings (SSSR count). The van der Waals surface area contributed by atoms with Crippen molar-refractivity contribution in [3.8, 4) is 17.2 Å². The first-order chi connectivity index (χ1) is 10.2. The molecule has 3 N–H and O–H groups in total. The fourth-order valence-corrected chi connectivity index (χ4v) is 2.21. The quantitative estimate of drug-likeness (QED) is 0.630. The molecule has 1 atom stereocenters. The summed E-state index contributed by atoms with van der Waals surface area (Å²) in [5.74, 6) is 7.88. The number of rotatable bonds is 6. The molecule has 0 aliphatic heterocycles. The van der Waals surface area contributed by atoms with Crippen LogP contribution >= 0.6 is 0 Å². The Morgan fingerprint density at radius 2 is 1.43 bits per heavy atom. The van der Waals surface area contributed by atoms with Crippen molar-refractivity contribution in [2.24, 2.45) is 5.84 Å². The lowest BCUT2D eigenvalue weighted by atomic mass is 9.99. The van der Waals surface area contributed by atoms with E-state index < -0.39 is 0 Å². The standard InChI is InChI=1S/C16H20N2O3/c1-19-13-7-4-11(5-8-13)16(18-17)12-6-9-14(20-2)15(10-12)21-3/h4-10,16,18H,17H2,1-3H3. The summed E-state index contributed by atoms with van der Waals surface area (Å²) in [4.78, 5) is 0. The van der Waals surface area contributed by atoms with E-state index in [1.807, 2.05) is 42.5 Å². The molecule has 0 radical (unpaired) electrons. The third-order valence-corrected chi connectivity index (χ3v) is 3.36. The zero-order valence-corrected chi connectivity index (χ0v) is 12.4. The fourth-order valence-electron chi connectivity index (χ4n) is 2.21. The summed E-state index contributed by atoms with van der Waals surface area (Å²) < 4.78 is 15.7. The van der Waals surface area contributed by atoms with E-state index in [0.717, 1.165) is 16.9 Å². The highest BCUT2D eigenvalue weighted by Gasteiger charge is 2.15. The van der Waals surface area contributed by atoms with Gasteiger partial charge in [0.1, 0.15) is 5.75 Å².